The highest BCUT2D eigenvalue weighted by Gasteiger charge is 2.48. The summed E-state index contributed by atoms with van der Waals surface area (Å²) in [5.41, 5.74) is 0.495. The molecule has 0 radical (unpaired) electrons. The highest BCUT2D eigenvalue weighted by molar-refractivity contribution is 5.96. The van der Waals surface area contributed by atoms with E-state index in [9.17, 15) is 22.8 Å². The van der Waals surface area contributed by atoms with E-state index in [0.717, 1.165) is 0 Å². The molecule has 5 heteroatoms. The second kappa shape index (κ2) is 6.41. The smallest absolute Gasteiger partial charge is 0.299 e. The summed E-state index contributed by atoms with van der Waals surface area (Å²) in [6.45, 7) is 0. The Balaban J connectivity index is 1.87. The van der Waals surface area contributed by atoms with Gasteiger partial charge in [-0.1, -0.05) is 30.3 Å². The fraction of sp³-hybridized carbons (Fsp3) is 0.500. The molecule has 1 saturated carbocycles. The first-order valence-corrected chi connectivity index (χ1v) is 7.08. The maximum Gasteiger partial charge on any atom is 0.398 e. The normalized spacial score (nSPS) is 16.5. The molecule has 2 nitrogen and oxygen atoms in total. The van der Waals surface area contributed by atoms with Crippen molar-refractivity contribution in [3.8, 4) is 0 Å². The van der Waals surface area contributed by atoms with Crippen LogP contribution in [0.1, 0.15) is 42.5 Å². The molecule has 0 aromatic heterocycles. The molecule has 1 aliphatic rings. The summed E-state index contributed by atoms with van der Waals surface area (Å²) >= 11 is 0. The maximum absolute atomic E-state index is 12.9. The summed E-state index contributed by atoms with van der Waals surface area (Å²) < 4.78 is 38.7. The van der Waals surface area contributed by atoms with Gasteiger partial charge in [0, 0.05) is 17.9 Å². The molecule has 1 aliphatic carbocycles. The van der Waals surface area contributed by atoms with Crippen LogP contribution in [0.25, 0.3) is 0 Å². The van der Waals surface area contributed by atoms with E-state index >= 15 is 0 Å². The van der Waals surface area contributed by atoms with E-state index in [-0.39, 0.29) is 25.0 Å². The van der Waals surface area contributed by atoms with Crippen molar-refractivity contribution in [1.29, 1.82) is 0 Å². The zero-order chi connectivity index (χ0) is 15.5. The summed E-state index contributed by atoms with van der Waals surface area (Å²) in [6.07, 6.45) is -3.56. The quantitative estimate of drug-likeness (QED) is 0.707. The van der Waals surface area contributed by atoms with Crippen LogP contribution in [0, 0.1) is 11.8 Å². The van der Waals surface area contributed by atoms with Crippen molar-refractivity contribution in [2.24, 2.45) is 11.8 Å². The van der Waals surface area contributed by atoms with Crippen LogP contribution in [0.3, 0.4) is 0 Å². The van der Waals surface area contributed by atoms with Crippen LogP contribution in [-0.4, -0.2) is 17.7 Å². The van der Waals surface area contributed by atoms with Crippen LogP contribution in [0.4, 0.5) is 13.2 Å². The highest BCUT2D eigenvalue weighted by atomic mass is 19.4. The van der Waals surface area contributed by atoms with E-state index < -0.39 is 23.8 Å². The molecule has 0 aliphatic heterocycles. The average Bonchev–Trinajstić information content (AvgIpc) is 3.27. The Morgan fingerprint density at radius 2 is 1.76 bits per heavy atom. The zero-order valence-electron chi connectivity index (χ0n) is 11.5. The Hall–Kier alpha value is -1.65. The molecule has 21 heavy (non-hydrogen) atoms. The summed E-state index contributed by atoms with van der Waals surface area (Å²) in [5.74, 6) is -3.21. The highest BCUT2D eigenvalue weighted by Crippen LogP contribution is 2.40. The Bertz CT molecular complexity index is 504. The molecule has 2 rings (SSSR count). The molecule has 0 amide bonds. The van der Waals surface area contributed by atoms with Crippen molar-refractivity contribution in [3.63, 3.8) is 0 Å². The first-order valence-electron chi connectivity index (χ1n) is 7.08. The third-order valence-electron chi connectivity index (χ3n) is 3.71. The van der Waals surface area contributed by atoms with Crippen molar-refractivity contribution in [2.45, 2.75) is 38.3 Å². The molecule has 0 saturated heterocycles. The van der Waals surface area contributed by atoms with Gasteiger partial charge >= 0.3 is 6.18 Å². The van der Waals surface area contributed by atoms with Crippen molar-refractivity contribution < 1.29 is 22.8 Å². The van der Waals surface area contributed by atoms with E-state index in [1.165, 1.54) is 0 Å². The van der Waals surface area contributed by atoms with Gasteiger partial charge in [-0.2, -0.15) is 13.2 Å². The van der Waals surface area contributed by atoms with Gasteiger partial charge in [0.15, 0.2) is 5.78 Å². The summed E-state index contributed by atoms with van der Waals surface area (Å²) in [7, 11) is 0. The van der Waals surface area contributed by atoms with Crippen molar-refractivity contribution in [2.75, 3.05) is 0 Å². The van der Waals surface area contributed by atoms with Gasteiger partial charge in [0.1, 0.15) is 11.7 Å². The molecular formula is C16H17F3O2. The number of rotatable bonds is 7. The Morgan fingerprint density at radius 3 is 2.29 bits per heavy atom. The van der Waals surface area contributed by atoms with Gasteiger partial charge in [0.25, 0.3) is 0 Å². The molecule has 1 fully saturated rings. The molecule has 114 valence electrons. The van der Waals surface area contributed by atoms with Crippen LogP contribution >= 0.6 is 0 Å². The lowest BCUT2D eigenvalue weighted by molar-refractivity contribution is -0.183. The number of Topliss-reactive ketones (excluding diaryl/α,β-unsaturated/α-hetero) is 2. The molecule has 0 N–H and O–H groups in total. The molecular weight excluding hydrogens is 281 g/mol. The third kappa shape index (κ3) is 4.41. The predicted molar refractivity (Wildman–Crippen MR) is 71.9 cm³/mol. The summed E-state index contributed by atoms with van der Waals surface area (Å²) in [5, 5.41) is 0. The van der Waals surface area contributed by atoms with E-state index in [1.807, 2.05) is 0 Å². The van der Waals surface area contributed by atoms with Gasteiger partial charge in [-0.25, -0.2) is 0 Å². The predicted octanol–water partition coefficient (Wildman–Crippen LogP) is 4.20. The second-order valence-electron chi connectivity index (χ2n) is 5.45. The van der Waals surface area contributed by atoms with Crippen LogP contribution in [0.15, 0.2) is 30.3 Å². The van der Waals surface area contributed by atoms with Gasteiger partial charge in [-0.3, -0.25) is 9.59 Å². The average molecular weight is 298 g/mol. The topological polar surface area (TPSA) is 34.1 Å². The van der Waals surface area contributed by atoms with Gasteiger partial charge in [-0.15, -0.1) is 0 Å². The number of alkyl halides is 3. The number of ketones is 2. The molecule has 1 aromatic carbocycles. The minimum absolute atomic E-state index is 0.0362. The number of benzene rings is 1. The fourth-order valence-corrected chi connectivity index (χ4v) is 2.35. The number of carbonyl (C=O) groups excluding carboxylic acids is 2. The molecule has 0 spiro atoms. The Kier molecular flexibility index (Phi) is 4.80. The summed E-state index contributed by atoms with van der Waals surface area (Å²) in [4.78, 5) is 23.5. The van der Waals surface area contributed by atoms with Gasteiger partial charge in [0.2, 0.25) is 0 Å². The number of hydrogen-bond donors (Lipinski definition) is 0. The Morgan fingerprint density at radius 1 is 1.14 bits per heavy atom. The van der Waals surface area contributed by atoms with Crippen LogP contribution in [0.2, 0.25) is 0 Å². The third-order valence-corrected chi connectivity index (χ3v) is 3.71. The zero-order valence-corrected chi connectivity index (χ0v) is 11.5. The lowest BCUT2D eigenvalue weighted by Gasteiger charge is -2.18. The molecule has 1 aromatic rings. The van der Waals surface area contributed by atoms with E-state index in [2.05, 4.69) is 0 Å². The SMILES string of the molecule is O=C(CCCC(C(=O)C1CC1)C(F)(F)F)c1ccccc1. The maximum atomic E-state index is 12.9. The van der Waals surface area contributed by atoms with E-state index in [1.54, 1.807) is 30.3 Å². The van der Waals surface area contributed by atoms with Gasteiger partial charge in [-0.05, 0) is 25.7 Å². The number of hydrogen-bond acceptors (Lipinski definition) is 2. The van der Waals surface area contributed by atoms with Crippen molar-refractivity contribution in [1.82, 2.24) is 0 Å². The van der Waals surface area contributed by atoms with Crippen LogP contribution in [-0.2, 0) is 4.79 Å². The van der Waals surface area contributed by atoms with Gasteiger partial charge < -0.3 is 0 Å². The summed E-state index contributed by atoms with van der Waals surface area (Å²) in [6, 6.07) is 8.47. The first kappa shape index (κ1) is 15.7. The van der Waals surface area contributed by atoms with E-state index in [0.29, 0.717) is 18.4 Å². The van der Waals surface area contributed by atoms with Crippen LogP contribution < -0.4 is 0 Å². The Labute approximate surface area is 121 Å². The van der Waals surface area contributed by atoms with Gasteiger partial charge in [0.05, 0.1) is 0 Å². The molecule has 0 heterocycles. The monoisotopic (exact) mass is 298 g/mol. The second-order valence-corrected chi connectivity index (χ2v) is 5.45. The number of halogens is 3. The lowest BCUT2D eigenvalue weighted by Crippen LogP contribution is -2.32. The standard InChI is InChI=1S/C16H17F3O2/c17-16(18,19)13(15(21)12-9-10-12)7-4-8-14(20)11-5-2-1-3-6-11/h1-3,5-6,12-13H,4,7-10H2. The largest absolute Gasteiger partial charge is 0.398 e. The van der Waals surface area contributed by atoms with Crippen molar-refractivity contribution in [3.05, 3.63) is 35.9 Å². The minimum Gasteiger partial charge on any atom is -0.299 e. The number of carbonyl (C=O) groups is 2. The lowest BCUT2D eigenvalue weighted by atomic mass is 9.92. The molecule has 1 unspecified atom stereocenters. The van der Waals surface area contributed by atoms with Crippen LogP contribution in [0.5, 0.6) is 0 Å². The fourth-order valence-electron chi connectivity index (χ4n) is 2.35. The molecule has 0 bridgehead atoms. The first-order chi connectivity index (χ1) is 9.89. The molecule has 1 atom stereocenters. The van der Waals surface area contributed by atoms with Crippen molar-refractivity contribution >= 4 is 11.6 Å². The minimum atomic E-state index is -4.50. The van der Waals surface area contributed by atoms with E-state index in [4.69, 9.17) is 0 Å².